The topological polar surface area (TPSA) is 58.6 Å². The predicted octanol–water partition coefficient (Wildman–Crippen LogP) is 3.59. The molecule has 138 valence electrons. The minimum atomic E-state index is -4.50. The Morgan fingerprint density at radius 1 is 1.24 bits per heavy atom. The summed E-state index contributed by atoms with van der Waals surface area (Å²) in [5.74, 6) is -1.18. The van der Waals surface area contributed by atoms with Crippen molar-refractivity contribution in [3.8, 4) is 0 Å². The van der Waals surface area contributed by atoms with Gasteiger partial charge in [-0.25, -0.2) is 0 Å². The molecule has 25 heavy (non-hydrogen) atoms. The largest absolute Gasteiger partial charge is 0.456 e. The van der Waals surface area contributed by atoms with Crippen LogP contribution in [0.5, 0.6) is 0 Å². The van der Waals surface area contributed by atoms with E-state index in [0.29, 0.717) is 12.1 Å². The number of nitrogens with one attached hydrogen (secondary N) is 1. The normalized spacial score (nSPS) is 14.5. The lowest BCUT2D eigenvalue weighted by Crippen LogP contribution is -2.24. The van der Waals surface area contributed by atoms with Crippen LogP contribution in [0.1, 0.15) is 38.2 Å². The number of anilines is 2. The first kappa shape index (κ1) is 19.1. The Kier molecular flexibility index (Phi) is 6.27. The van der Waals surface area contributed by atoms with Gasteiger partial charge in [0.15, 0.2) is 6.61 Å². The lowest BCUT2D eigenvalue weighted by molar-refractivity contribution is -0.147. The van der Waals surface area contributed by atoms with E-state index in [-0.39, 0.29) is 12.1 Å². The highest BCUT2D eigenvalue weighted by Gasteiger charge is 2.32. The van der Waals surface area contributed by atoms with Gasteiger partial charge in [-0.15, -0.1) is 0 Å². The lowest BCUT2D eigenvalue weighted by Gasteiger charge is -2.23. The van der Waals surface area contributed by atoms with Crippen molar-refractivity contribution in [1.29, 1.82) is 0 Å². The maximum atomic E-state index is 13.0. The van der Waals surface area contributed by atoms with Crippen molar-refractivity contribution >= 4 is 23.3 Å². The molecule has 1 fully saturated rings. The number of benzene rings is 1. The molecule has 0 saturated carbocycles. The van der Waals surface area contributed by atoms with Crippen LogP contribution in [0, 0.1) is 0 Å². The molecule has 1 aliphatic rings. The van der Waals surface area contributed by atoms with Gasteiger partial charge in [0.2, 0.25) is 0 Å². The van der Waals surface area contributed by atoms with Crippen LogP contribution in [0.25, 0.3) is 0 Å². The van der Waals surface area contributed by atoms with E-state index in [9.17, 15) is 22.8 Å². The Morgan fingerprint density at radius 3 is 2.52 bits per heavy atom. The number of amides is 1. The molecule has 2 rings (SSSR count). The number of hydrogen-bond acceptors (Lipinski definition) is 4. The molecule has 0 bridgehead atoms. The van der Waals surface area contributed by atoms with Crippen molar-refractivity contribution < 1.29 is 27.5 Å². The summed E-state index contributed by atoms with van der Waals surface area (Å²) in [6.45, 7) is 2.72. The van der Waals surface area contributed by atoms with Gasteiger partial charge in [-0.05, 0) is 37.5 Å². The maximum absolute atomic E-state index is 13.0. The highest BCUT2D eigenvalue weighted by molar-refractivity contribution is 5.96. The highest BCUT2D eigenvalue weighted by Crippen LogP contribution is 2.36. The zero-order valence-corrected chi connectivity index (χ0v) is 14.0. The van der Waals surface area contributed by atoms with Crippen LogP contribution in [-0.2, 0) is 20.5 Å². The molecule has 1 aromatic rings. The van der Waals surface area contributed by atoms with Crippen molar-refractivity contribution in [3.63, 3.8) is 0 Å². The van der Waals surface area contributed by atoms with E-state index in [2.05, 4.69) is 5.32 Å². The Bertz CT molecular complexity index is 626. The van der Waals surface area contributed by atoms with Gasteiger partial charge >= 0.3 is 12.1 Å². The van der Waals surface area contributed by atoms with E-state index < -0.39 is 30.2 Å². The minimum absolute atomic E-state index is 0.0771. The predicted molar refractivity (Wildman–Crippen MR) is 87.4 cm³/mol. The van der Waals surface area contributed by atoms with E-state index >= 15 is 0 Å². The third kappa shape index (κ3) is 5.37. The summed E-state index contributed by atoms with van der Waals surface area (Å²) >= 11 is 0. The third-order valence-electron chi connectivity index (χ3n) is 3.86. The molecule has 1 heterocycles. The Hall–Kier alpha value is -2.25. The van der Waals surface area contributed by atoms with Crippen molar-refractivity contribution in [2.75, 3.05) is 29.9 Å². The third-order valence-corrected chi connectivity index (χ3v) is 3.86. The molecule has 5 nitrogen and oxygen atoms in total. The number of esters is 1. The second-order valence-electron chi connectivity index (χ2n) is 5.88. The Balaban J connectivity index is 2.14. The van der Waals surface area contributed by atoms with Gasteiger partial charge in [0, 0.05) is 19.5 Å². The zero-order chi connectivity index (χ0) is 18.4. The molecule has 8 heteroatoms. The lowest BCUT2D eigenvalue weighted by atomic mass is 10.1. The van der Waals surface area contributed by atoms with Gasteiger partial charge in [0.1, 0.15) is 0 Å². The average molecular weight is 358 g/mol. The fourth-order valence-corrected chi connectivity index (χ4v) is 2.65. The van der Waals surface area contributed by atoms with Gasteiger partial charge < -0.3 is 15.0 Å². The molecule has 0 aliphatic carbocycles. The Labute approximate surface area is 144 Å². The number of ether oxygens (including phenoxy) is 1. The SMILES string of the molecule is CCCC(=O)OCC(=O)Nc1cc(C(F)(F)F)ccc1N1CCCC1. The first-order chi connectivity index (χ1) is 11.8. The highest BCUT2D eigenvalue weighted by atomic mass is 19.4. The standard InChI is InChI=1S/C17H21F3N2O3/c1-2-5-16(24)25-11-15(23)21-13-10-12(17(18,19)20)6-7-14(13)22-8-3-4-9-22/h6-7,10H,2-5,8-9,11H2,1H3,(H,21,23). The fraction of sp³-hybridized carbons (Fsp3) is 0.529. The number of carbonyl (C=O) groups is 2. The summed E-state index contributed by atoms with van der Waals surface area (Å²) in [5.41, 5.74) is -0.222. The van der Waals surface area contributed by atoms with Gasteiger partial charge in [0.05, 0.1) is 16.9 Å². The summed E-state index contributed by atoms with van der Waals surface area (Å²) in [6, 6.07) is 3.29. The number of rotatable bonds is 6. The molecule has 0 unspecified atom stereocenters. The summed E-state index contributed by atoms with van der Waals surface area (Å²) < 4.78 is 43.7. The summed E-state index contributed by atoms with van der Waals surface area (Å²) in [7, 11) is 0. The first-order valence-corrected chi connectivity index (χ1v) is 8.23. The molecule has 1 saturated heterocycles. The number of carbonyl (C=O) groups excluding carboxylic acids is 2. The summed E-state index contributed by atoms with van der Waals surface area (Å²) in [6.07, 6.45) is -1.83. The first-order valence-electron chi connectivity index (χ1n) is 8.23. The van der Waals surface area contributed by atoms with Crippen molar-refractivity contribution in [1.82, 2.24) is 0 Å². The fourth-order valence-electron chi connectivity index (χ4n) is 2.65. The zero-order valence-electron chi connectivity index (χ0n) is 14.0. The van der Waals surface area contributed by atoms with Gasteiger partial charge in [-0.2, -0.15) is 13.2 Å². The number of hydrogen-bond donors (Lipinski definition) is 1. The Morgan fingerprint density at radius 2 is 1.92 bits per heavy atom. The van der Waals surface area contributed by atoms with E-state index in [1.54, 1.807) is 6.92 Å². The van der Waals surface area contributed by atoms with Crippen LogP contribution in [-0.4, -0.2) is 31.6 Å². The van der Waals surface area contributed by atoms with E-state index in [1.165, 1.54) is 6.07 Å². The van der Waals surface area contributed by atoms with E-state index in [1.807, 2.05) is 4.90 Å². The van der Waals surface area contributed by atoms with Crippen molar-refractivity contribution in [2.45, 2.75) is 38.8 Å². The second-order valence-corrected chi connectivity index (χ2v) is 5.88. The molecule has 0 aromatic heterocycles. The number of halogens is 3. The second kappa shape index (κ2) is 8.22. The van der Waals surface area contributed by atoms with Crippen LogP contribution < -0.4 is 10.2 Å². The number of alkyl halides is 3. The van der Waals surface area contributed by atoms with Crippen LogP contribution >= 0.6 is 0 Å². The molecule has 1 aliphatic heterocycles. The molecular formula is C17H21F3N2O3. The van der Waals surface area contributed by atoms with Gasteiger partial charge in [0.25, 0.3) is 5.91 Å². The van der Waals surface area contributed by atoms with Crippen LogP contribution in [0.15, 0.2) is 18.2 Å². The summed E-state index contributed by atoms with van der Waals surface area (Å²) in [4.78, 5) is 25.2. The van der Waals surface area contributed by atoms with Crippen molar-refractivity contribution in [3.05, 3.63) is 23.8 Å². The van der Waals surface area contributed by atoms with Gasteiger partial charge in [-0.3, -0.25) is 9.59 Å². The molecule has 0 radical (unpaired) electrons. The maximum Gasteiger partial charge on any atom is 0.416 e. The average Bonchev–Trinajstić information content (AvgIpc) is 3.06. The van der Waals surface area contributed by atoms with Crippen LogP contribution in [0.2, 0.25) is 0 Å². The quantitative estimate of drug-likeness (QED) is 0.790. The number of nitrogens with zero attached hydrogens (tertiary/aromatic N) is 1. The smallest absolute Gasteiger partial charge is 0.416 e. The van der Waals surface area contributed by atoms with Crippen LogP contribution in [0.4, 0.5) is 24.5 Å². The van der Waals surface area contributed by atoms with Gasteiger partial charge in [-0.1, -0.05) is 6.92 Å². The molecule has 0 spiro atoms. The van der Waals surface area contributed by atoms with E-state index in [4.69, 9.17) is 4.74 Å². The monoisotopic (exact) mass is 358 g/mol. The molecule has 1 aromatic carbocycles. The summed E-state index contributed by atoms with van der Waals surface area (Å²) in [5, 5.41) is 2.44. The molecular weight excluding hydrogens is 337 g/mol. The minimum Gasteiger partial charge on any atom is -0.456 e. The molecule has 1 N–H and O–H groups in total. The van der Waals surface area contributed by atoms with Crippen molar-refractivity contribution in [2.24, 2.45) is 0 Å². The molecule has 0 atom stereocenters. The molecule has 1 amide bonds. The van der Waals surface area contributed by atoms with Crippen LogP contribution in [0.3, 0.4) is 0 Å². The van der Waals surface area contributed by atoms with E-state index in [0.717, 1.165) is 38.1 Å².